The number of hydrogen-bond acceptors (Lipinski definition) is 8. The van der Waals surface area contributed by atoms with Gasteiger partial charge in [0.1, 0.15) is 34.6 Å². The molecule has 3 aromatic carbocycles. The average Bonchev–Trinajstić information content (AvgIpc) is 3.62. The number of pyridine rings is 1. The van der Waals surface area contributed by atoms with Gasteiger partial charge in [0.2, 0.25) is 15.9 Å². The van der Waals surface area contributed by atoms with E-state index in [9.17, 15) is 18.0 Å². The Labute approximate surface area is 290 Å². The number of nitrogens with zero attached hydrogens (tertiary/aromatic N) is 5. The predicted molar refractivity (Wildman–Crippen MR) is 184 cm³/mol. The lowest BCUT2D eigenvalue weighted by Gasteiger charge is -2.37. The topological polar surface area (TPSA) is 133 Å². The summed E-state index contributed by atoms with van der Waals surface area (Å²) in [6.07, 6.45) is 0.896. The van der Waals surface area contributed by atoms with Crippen LogP contribution in [-0.4, -0.2) is 85.2 Å². The van der Waals surface area contributed by atoms with E-state index in [2.05, 4.69) is 4.98 Å². The fourth-order valence-corrected chi connectivity index (χ4v) is 8.61. The normalized spacial score (nSPS) is 16.8. The summed E-state index contributed by atoms with van der Waals surface area (Å²) in [6.45, 7) is 5.19. The van der Waals surface area contributed by atoms with Gasteiger partial charge in [0.25, 0.3) is 5.91 Å². The second-order valence-corrected chi connectivity index (χ2v) is 14.4. The Bertz CT molecular complexity index is 2070. The molecular formula is C36H36ClN5O6S. The Morgan fingerprint density at radius 2 is 1.71 bits per heavy atom. The van der Waals surface area contributed by atoms with Gasteiger partial charge in [-0.25, -0.2) is 13.4 Å². The number of benzene rings is 3. The lowest BCUT2D eigenvalue weighted by molar-refractivity contribution is -0.136. The zero-order valence-corrected chi connectivity index (χ0v) is 29.1. The number of nitriles is 1. The van der Waals surface area contributed by atoms with Crippen molar-refractivity contribution in [2.75, 3.05) is 39.8 Å². The van der Waals surface area contributed by atoms with E-state index in [4.69, 9.17) is 26.3 Å². The van der Waals surface area contributed by atoms with E-state index in [1.807, 2.05) is 38.1 Å². The smallest absolute Gasteiger partial charge is 0.253 e. The van der Waals surface area contributed by atoms with Crippen molar-refractivity contribution < 1.29 is 27.5 Å². The van der Waals surface area contributed by atoms with Crippen molar-refractivity contribution in [2.24, 2.45) is 0 Å². The van der Waals surface area contributed by atoms with E-state index >= 15 is 0 Å². The van der Waals surface area contributed by atoms with Crippen LogP contribution in [0.4, 0.5) is 0 Å². The number of para-hydroxylation sites is 1. The van der Waals surface area contributed by atoms with Crippen molar-refractivity contribution in [1.29, 1.82) is 5.26 Å². The maximum absolute atomic E-state index is 14.3. The first-order valence-corrected chi connectivity index (χ1v) is 17.8. The van der Waals surface area contributed by atoms with Gasteiger partial charge >= 0.3 is 0 Å². The standard InChI is InChI=1S/C36H36ClN5O6S/c1-23-20-24(2)39-33-27(23)6-4-8-31(33)48-22-28-29(37)13-14-32(34(28)47-3)49(45,46)42-15-5-7-30(42)36(44)41-18-16-40(17-19-41)35(43)26-11-9-25(21-38)10-12-26/h4,6,8-14,20,30H,5,7,15-19,22H2,1-3H3/t30-/m0/s1. The number of halogens is 1. The molecule has 0 bridgehead atoms. The summed E-state index contributed by atoms with van der Waals surface area (Å²) in [5, 5.41) is 10.3. The van der Waals surface area contributed by atoms with Crippen LogP contribution in [0.5, 0.6) is 11.5 Å². The van der Waals surface area contributed by atoms with Crippen LogP contribution in [0.15, 0.2) is 65.6 Å². The number of hydrogen-bond donors (Lipinski definition) is 0. The van der Waals surface area contributed by atoms with Crippen LogP contribution in [0, 0.1) is 25.2 Å². The molecule has 1 atom stereocenters. The number of amides is 2. The SMILES string of the molecule is COc1c(S(=O)(=O)N2CCC[C@H]2C(=O)N2CCN(C(=O)c3ccc(C#N)cc3)CC2)ccc(Cl)c1COc1cccc2c(C)cc(C)nc12. The molecule has 2 fully saturated rings. The van der Waals surface area contributed by atoms with Crippen LogP contribution in [0.3, 0.4) is 0 Å². The number of piperazine rings is 1. The number of ether oxygens (including phenoxy) is 2. The Morgan fingerprint density at radius 3 is 2.41 bits per heavy atom. The van der Waals surface area contributed by atoms with Crippen molar-refractivity contribution in [1.82, 2.24) is 19.1 Å². The summed E-state index contributed by atoms with van der Waals surface area (Å²) >= 11 is 6.61. The van der Waals surface area contributed by atoms with Gasteiger partial charge in [0.05, 0.1) is 29.3 Å². The van der Waals surface area contributed by atoms with Gasteiger partial charge in [-0.1, -0.05) is 23.7 Å². The fourth-order valence-electron chi connectivity index (χ4n) is 6.58. The monoisotopic (exact) mass is 701 g/mol. The molecular weight excluding hydrogens is 666 g/mol. The second-order valence-electron chi connectivity index (χ2n) is 12.2. The minimum absolute atomic E-state index is 0.0566. The summed E-state index contributed by atoms with van der Waals surface area (Å²) in [4.78, 5) is 34.7. The molecule has 0 spiro atoms. The Morgan fingerprint density at radius 1 is 1.00 bits per heavy atom. The van der Waals surface area contributed by atoms with Gasteiger partial charge in [0, 0.05) is 49.4 Å². The number of sulfonamides is 1. The molecule has 2 aliphatic rings. The molecule has 1 aromatic heterocycles. The summed E-state index contributed by atoms with van der Waals surface area (Å²) in [7, 11) is -2.82. The zero-order valence-electron chi connectivity index (χ0n) is 27.5. The van der Waals surface area contributed by atoms with Gasteiger partial charge in [-0.2, -0.15) is 9.57 Å². The average molecular weight is 702 g/mol. The van der Waals surface area contributed by atoms with Crippen LogP contribution in [0.1, 0.15) is 45.6 Å². The van der Waals surface area contributed by atoms with Crippen molar-refractivity contribution in [3.05, 3.63) is 93.6 Å². The van der Waals surface area contributed by atoms with Crippen LogP contribution < -0.4 is 9.47 Å². The molecule has 2 aliphatic heterocycles. The highest BCUT2D eigenvalue weighted by Crippen LogP contribution is 2.38. The molecule has 0 radical (unpaired) electrons. The first kappa shape index (κ1) is 34.2. The van der Waals surface area contributed by atoms with Crippen LogP contribution >= 0.6 is 11.6 Å². The van der Waals surface area contributed by atoms with Crippen LogP contribution in [0.25, 0.3) is 10.9 Å². The summed E-state index contributed by atoms with van der Waals surface area (Å²) in [6, 6.07) is 18.1. The van der Waals surface area contributed by atoms with E-state index in [1.54, 1.807) is 40.1 Å². The third-order valence-electron chi connectivity index (χ3n) is 9.10. The van der Waals surface area contributed by atoms with Gasteiger partial charge in [-0.3, -0.25) is 9.59 Å². The van der Waals surface area contributed by atoms with Gasteiger partial charge < -0.3 is 19.3 Å². The summed E-state index contributed by atoms with van der Waals surface area (Å²) in [5.41, 5.74) is 3.89. The summed E-state index contributed by atoms with van der Waals surface area (Å²) < 4.78 is 41.6. The van der Waals surface area contributed by atoms with E-state index < -0.39 is 16.1 Å². The first-order valence-electron chi connectivity index (χ1n) is 16.0. The van der Waals surface area contributed by atoms with E-state index in [0.717, 1.165) is 16.6 Å². The molecule has 11 nitrogen and oxygen atoms in total. The number of carbonyl (C=O) groups is 2. The van der Waals surface area contributed by atoms with Gasteiger partial charge in [-0.15, -0.1) is 0 Å². The number of carbonyl (C=O) groups excluding carboxylic acids is 2. The largest absolute Gasteiger partial charge is 0.495 e. The molecule has 254 valence electrons. The quantitative estimate of drug-likeness (QED) is 0.248. The van der Waals surface area contributed by atoms with E-state index in [-0.39, 0.29) is 53.7 Å². The Hall–Kier alpha value is -4.70. The molecule has 0 unspecified atom stereocenters. The van der Waals surface area contributed by atoms with Crippen molar-refractivity contribution >= 4 is 44.3 Å². The molecule has 0 aliphatic carbocycles. The highest BCUT2D eigenvalue weighted by molar-refractivity contribution is 7.89. The summed E-state index contributed by atoms with van der Waals surface area (Å²) in [5.74, 6) is 0.107. The third kappa shape index (κ3) is 6.66. The molecule has 2 amide bonds. The Balaban J connectivity index is 1.19. The molecule has 2 saturated heterocycles. The number of aryl methyl sites for hydroxylation is 2. The lowest BCUT2D eigenvalue weighted by Crippen LogP contribution is -2.55. The van der Waals surface area contributed by atoms with Crippen LogP contribution in [-0.2, 0) is 21.4 Å². The maximum atomic E-state index is 14.3. The van der Waals surface area contributed by atoms with Crippen molar-refractivity contribution in [2.45, 2.75) is 44.2 Å². The molecule has 0 N–H and O–H groups in total. The molecule has 4 aromatic rings. The zero-order chi connectivity index (χ0) is 34.9. The maximum Gasteiger partial charge on any atom is 0.253 e. The molecule has 0 saturated carbocycles. The number of aromatic nitrogens is 1. The van der Waals surface area contributed by atoms with Gasteiger partial charge in [0.15, 0.2) is 0 Å². The molecule has 13 heteroatoms. The minimum Gasteiger partial charge on any atom is -0.495 e. The predicted octanol–water partition coefficient (Wildman–Crippen LogP) is 5.10. The molecule has 6 rings (SSSR count). The third-order valence-corrected chi connectivity index (χ3v) is 11.4. The Kier molecular flexibility index (Phi) is 9.79. The fraction of sp³-hybridized carbons (Fsp3) is 0.333. The van der Waals surface area contributed by atoms with E-state index in [1.165, 1.54) is 23.5 Å². The molecule has 49 heavy (non-hydrogen) atoms. The highest BCUT2D eigenvalue weighted by Gasteiger charge is 2.43. The number of methoxy groups -OCH3 is 1. The van der Waals surface area contributed by atoms with Crippen molar-refractivity contribution in [3.63, 3.8) is 0 Å². The van der Waals surface area contributed by atoms with Crippen molar-refractivity contribution in [3.8, 4) is 17.6 Å². The molecule has 3 heterocycles. The first-order chi connectivity index (χ1) is 23.5. The lowest BCUT2D eigenvalue weighted by atomic mass is 10.1. The van der Waals surface area contributed by atoms with Crippen LogP contribution in [0.2, 0.25) is 5.02 Å². The number of fused-ring (bicyclic) bond motifs is 1. The number of rotatable bonds is 8. The van der Waals surface area contributed by atoms with Gasteiger partial charge in [-0.05, 0) is 80.8 Å². The second kappa shape index (κ2) is 14.0. The van der Waals surface area contributed by atoms with E-state index in [0.29, 0.717) is 53.9 Å². The minimum atomic E-state index is -4.20. The highest BCUT2D eigenvalue weighted by atomic mass is 35.5.